The Kier molecular flexibility index (Phi) is 7.75. The van der Waals surface area contributed by atoms with Gasteiger partial charge in [0.2, 0.25) is 5.91 Å². The molecule has 2 aromatic carbocycles. The van der Waals surface area contributed by atoms with E-state index in [0.29, 0.717) is 24.6 Å². The topological polar surface area (TPSA) is 67.4 Å². The van der Waals surface area contributed by atoms with E-state index in [4.69, 9.17) is 27.9 Å². The summed E-state index contributed by atoms with van der Waals surface area (Å²) in [6.07, 6.45) is 0.663. The molecule has 0 heterocycles. The molecule has 2 rings (SSSR count). The van der Waals surface area contributed by atoms with E-state index < -0.39 is 5.91 Å². The number of carbonyl (C=O) groups excluding carboxylic acids is 2. The van der Waals surface area contributed by atoms with Gasteiger partial charge in [-0.15, -0.1) is 0 Å². The molecular formula is C19H20Cl2N2O3. The number of hydrogen-bond donors (Lipinski definition) is 2. The third-order valence-electron chi connectivity index (χ3n) is 3.49. The second-order valence-corrected chi connectivity index (χ2v) is 6.52. The summed E-state index contributed by atoms with van der Waals surface area (Å²) in [6.45, 7) is 2.83. The summed E-state index contributed by atoms with van der Waals surface area (Å²) in [5.41, 5.74) is 1.41. The standard InChI is InChI=1S/C19H20Cl2N2O3/c1-13-4-2-5-15(10-13)26-9-3-8-22-18(24)12-23-19(25)16-7-6-14(20)11-17(16)21/h2,4-7,10-11H,3,8-9,12H2,1H3,(H,22,24)(H,23,25). The van der Waals surface area contributed by atoms with Crippen LogP contribution >= 0.6 is 23.2 Å². The normalized spacial score (nSPS) is 10.3. The minimum atomic E-state index is -0.426. The van der Waals surface area contributed by atoms with Crippen molar-refractivity contribution in [3.8, 4) is 5.75 Å². The molecule has 0 unspecified atom stereocenters. The summed E-state index contributed by atoms with van der Waals surface area (Å²) in [5, 5.41) is 5.93. The van der Waals surface area contributed by atoms with E-state index in [1.807, 2.05) is 31.2 Å². The molecule has 0 bridgehead atoms. The molecule has 0 aliphatic rings. The van der Waals surface area contributed by atoms with Gasteiger partial charge in [-0.25, -0.2) is 0 Å². The Morgan fingerprint density at radius 1 is 1.08 bits per heavy atom. The molecule has 2 amide bonds. The predicted molar refractivity (Wildman–Crippen MR) is 103 cm³/mol. The number of benzene rings is 2. The van der Waals surface area contributed by atoms with Crippen LogP contribution in [-0.4, -0.2) is 31.5 Å². The third kappa shape index (κ3) is 6.58. The Morgan fingerprint density at radius 3 is 2.62 bits per heavy atom. The summed E-state index contributed by atoms with van der Waals surface area (Å²) in [4.78, 5) is 23.8. The molecule has 0 saturated heterocycles. The van der Waals surface area contributed by atoms with Crippen molar-refractivity contribution in [3.63, 3.8) is 0 Å². The van der Waals surface area contributed by atoms with E-state index >= 15 is 0 Å². The van der Waals surface area contributed by atoms with Gasteiger partial charge in [0.05, 0.1) is 23.7 Å². The highest BCUT2D eigenvalue weighted by Gasteiger charge is 2.11. The highest BCUT2D eigenvalue weighted by Crippen LogP contribution is 2.20. The minimum Gasteiger partial charge on any atom is -0.494 e. The maximum Gasteiger partial charge on any atom is 0.253 e. The highest BCUT2D eigenvalue weighted by molar-refractivity contribution is 6.36. The van der Waals surface area contributed by atoms with Crippen LogP contribution in [0.1, 0.15) is 22.3 Å². The van der Waals surface area contributed by atoms with Gasteiger partial charge in [-0.3, -0.25) is 9.59 Å². The fourth-order valence-corrected chi connectivity index (χ4v) is 2.68. The van der Waals surface area contributed by atoms with Crippen LogP contribution in [0.2, 0.25) is 10.0 Å². The molecule has 26 heavy (non-hydrogen) atoms. The Bertz CT molecular complexity index is 781. The smallest absolute Gasteiger partial charge is 0.253 e. The van der Waals surface area contributed by atoms with Crippen LogP contribution in [0.5, 0.6) is 5.75 Å². The molecular weight excluding hydrogens is 375 g/mol. The average Bonchev–Trinajstić information content (AvgIpc) is 2.59. The summed E-state index contributed by atoms with van der Waals surface area (Å²) in [5.74, 6) is 0.104. The second kappa shape index (κ2) is 10.0. The van der Waals surface area contributed by atoms with Gasteiger partial charge in [-0.05, 0) is 49.2 Å². The molecule has 0 aliphatic heterocycles. The zero-order chi connectivity index (χ0) is 18.9. The summed E-state index contributed by atoms with van der Waals surface area (Å²) in [7, 11) is 0. The molecule has 2 aromatic rings. The number of halogens is 2. The van der Waals surface area contributed by atoms with Gasteiger partial charge in [-0.2, -0.15) is 0 Å². The average molecular weight is 395 g/mol. The van der Waals surface area contributed by atoms with Gasteiger partial charge in [0.15, 0.2) is 0 Å². The van der Waals surface area contributed by atoms with E-state index in [0.717, 1.165) is 11.3 Å². The zero-order valence-corrected chi connectivity index (χ0v) is 15.9. The lowest BCUT2D eigenvalue weighted by atomic mass is 10.2. The first-order valence-electron chi connectivity index (χ1n) is 8.15. The van der Waals surface area contributed by atoms with Crippen molar-refractivity contribution in [2.75, 3.05) is 19.7 Å². The van der Waals surface area contributed by atoms with Crippen molar-refractivity contribution in [3.05, 3.63) is 63.6 Å². The van der Waals surface area contributed by atoms with E-state index in [2.05, 4.69) is 10.6 Å². The highest BCUT2D eigenvalue weighted by atomic mass is 35.5. The number of carbonyl (C=O) groups is 2. The largest absolute Gasteiger partial charge is 0.494 e. The first kappa shape index (κ1) is 20.1. The molecule has 5 nitrogen and oxygen atoms in total. The fourth-order valence-electron chi connectivity index (χ4n) is 2.19. The van der Waals surface area contributed by atoms with E-state index in [-0.39, 0.29) is 23.0 Å². The fraction of sp³-hybridized carbons (Fsp3) is 0.263. The summed E-state index contributed by atoms with van der Waals surface area (Å²) >= 11 is 11.7. The van der Waals surface area contributed by atoms with Crippen LogP contribution in [0.15, 0.2) is 42.5 Å². The third-order valence-corrected chi connectivity index (χ3v) is 4.03. The zero-order valence-electron chi connectivity index (χ0n) is 14.4. The Labute approximate surface area is 162 Å². The maximum absolute atomic E-state index is 12.0. The molecule has 0 atom stereocenters. The predicted octanol–water partition coefficient (Wildman–Crippen LogP) is 3.62. The van der Waals surface area contributed by atoms with Crippen LogP contribution < -0.4 is 15.4 Å². The summed E-state index contributed by atoms with van der Waals surface area (Å²) < 4.78 is 5.60. The van der Waals surface area contributed by atoms with Crippen molar-refractivity contribution in [2.45, 2.75) is 13.3 Å². The van der Waals surface area contributed by atoms with Crippen molar-refractivity contribution < 1.29 is 14.3 Å². The second-order valence-electron chi connectivity index (χ2n) is 5.68. The van der Waals surface area contributed by atoms with Gasteiger partial charge < -0.3 is 15.4 Å². The van der Waals surface area contributed by atoms with Crippen molar-refractivity contribution >= 4 is 35.0 Å². The Hall–Kier alpha value is -2.24. The Morgan fingerprint density at radius 2 is 1.88 bits per heavy atom. The van der Waals surface area contributed by atoms with E-state index in [1.165, 1.54) is 12.1 Å². The number of amides is 2. The van der Waals surface area contributed by atoms with Crippen LogP contribution in [0.3, 0.4) is 0 Å². The number of nitrogens with one attached hydrogen (secondary N) is 2. The number of rotatable bonds is 8. The lowest BCUT2D eigenvalue weighted by Crippen LogP contribution is -2.37. The maximum atomic E-state index is 12.0. The molecule has 0 saturated carbocycles. The van der Waals surface area contributed by atoms with Crippen molar-refractivity contribution in [2.24, 2.45) is 0 Å². The molecule has 0 aliphatic carbocycles. The number of ether oxygens (including phenoxy) is 1. The molecule has 0 aromatic heterocycles. The molecule has 0 spiro atoms. The molecule has 2 N–H and O–H groups in total. The van der Waals surface area contributed by atoms with Gasteiger partial charge in [0.25, 0.3) is 5.91 Å². The van der Waals surface area contributed by atoms with Gasteiger partial charge >= 0.3 is 0 Å². The summed E-state index contributed by atoms with van der Waals surface area (Å²) in [6, 6.07) is 12.3. The quantitative estimate of drug-likeness (QED) is 0.671. The van der Waals surface area contributed by atoms with Crippen molar-refractivity contribution in [1.82, 2.24) is 10.6 Å². The Balaban J connectivity index is 1.63. The number of aryl methyl sites for hydroxylation is 1. The lowest BCUT2D eigenvalue weighted by Gasteiger charge is -2.09. The van der Waals surface area contributed by atoms with E-state index in [9.17, 15) is 9.59 Å². The molecule has 7 heteroatoms. The molecule has 138 valence electrons. The van der Waals surface area contributed by atoms with Crippen LogP contribution in [0.4, 0.5) is 0 Å². The lowest BCUT2D eigenvalue weighted by molar-refractivity contribution is -0.120. The van der Waals surface area contributed by atoms with Crippen LogP contribution in [0, 0.1) is 6.92 Å². The van der Waals surface area contributed by atoms with Crippen molar-refractivity contribution in [1.29, 1.82) is 0 Å². The monoisotopic (exact) mass is 394 g/mol. The first-order chi connectivity index (χ1) is 12.5. The van der Waals surface area contributed by atoms with Crippen LogP contribution in [0.25, 0.3) is 0 Å². The first-order valence-corrected chi connectivity index (χ1v) is 8.91. The van der Waals surface area contributed by atoms with Gasteiger partial charge in [0, 0.05) is 11.6 Å². The number of hydrogen-bond acceptors (Lipinski definition) is 3. The van der Waals surface area contributed by atoms with E-state index in [1.54, 1.807) is 6.07 Å². The van der Waals surface area contributed by atoms with Crippen LogP contribution in [-0.2, 0) is 4.79 Å². The molecule has 0 radical (unpaired) electrons. The SMILES string of the molecule is Cc1cccc(OCCCNC(=O)CNC(=O)c2ccc(Cl)cc2Cl)c1. The van der Waals surface area contributed by atoms with Gasteiger partial charge in [-0.1, -0.05) is 35.3 Å². The molecule has 0 fully saturated rings. The minimum absolute atomic E-state index is 0.128. The van der Waals surface area contributed by atoms with Gasteiger partial charge in [0.1, 0.15) is 5.75 Å².